The molecule has 0 saturated carbocycles. The molecule has 1 aromatic heterocycles. The van der Waals surface area contributed by atoms with E-state index in [9.17, 15) is 14.4 Å². The third kappa shape index (κ3) is 4.26. The maximum Gasteiger partial charge on any atom is 0.410 e. The molecule has 2 aromatic rings. The van der Waals surface area contributed by atoms with Gasteiger partial charge in [0, 0.05) is 38.5 Å². The Morgan fingerprint density at radius 2 is 1.97 bits per heavy atom. The molecular weight excluding hydrogens is 398 g/mol. The number of urea groups is 1. The Morgan fingerprint density at radius 3 is 2.68 bits per heavy atom. The Balaban J connectivity index is 1.59. The summed E-state index contributed by atoms with van der Waals surface area (Å²) >= 11 is 0. The number of carbonyl (C=O) groups excluding carboxylic acids is 3. The van der Waals surface area contributed by atoms with Gasteiger partial charge in [0.25, 0.3) is 0 Å². The van der Waals surface area contributed by atoms with Crippen molar-refractivity contribution in [1.29, 1.82) is 0 Å². The van der Waals surface area contributed by atoms with Gasteiger partial charge in [-0.05, 0) is 50.5 Å². The van der Waals surface area contributed by atoms with E-state index in [2.05, 4.69) is 16.5 Å². The van der Waals surface area contributed by atoms with Crippen LogP contribution in [0, 0.1) is 0 Å². The van der Waals surface area contributed by atoms with Crippen molar-refractivity contribution < 1.29 is 19.1 Å². The van der Waals surface area contributed by atoms with E-state index >= 15 is 0 Å². The summed E-state index contributed by atoms with van der Waals surface area (Å²) in [5, 5.41) is 7.69. The minimum atomic E-state index is -0.534. The second kappa shape index (κ2) is 7.72. The van der Waals surface area contributed by atoms with E-state index in [1.165, 1.54) is 4.90 Å². The van der Waals surface area contributed by atoms with Crippen molar-refractivity contribution in [2.24, 2.45) is 7.05 Å². The number of hydrogen-bond acceptors (Lipinski definition) is 5. The van der Waals surface area contributed by atoms with Gasteiger partial charge in [0.1, 0.15) is 5.60 Å². The van der Waals surface area contributed by atoms with Crippen molar-refractivity contribution in [3.8, 4) is 0 Å². The standard InChI is InChI=1S/C22H27N5O4/c1-22(2,3)31-21(30)26-10-5-6-15(13-26)14-7-8-16-17(12-14)25(4)24-19(16)27-11-9-18(28)23-20(27)29/h6-8,12H,5,9-11,13H2,1-4H3,(H,23,28,29). The van der Waals surface area contributed by atoms with Gasteiger partial charge in [-0.3, -0.25) is 19.7 Å². The van der Waals surface area contributed by atoms with Crippen LogP contribution in [0.25, 0.3) is 16.5 Å². The van der Waals surface area contributed by atoms with E-state index in [1.807, 2.05) is 46.0 Å². The van der Waals surface area contributed by atoms with Crippen LogP contribution in [0.15, 0.2) is 24.3 Å². The number of carbonyl (C=O) groups is 3. The van der Waals surface area contributed by atoms with Gasteiger partial charge < -0.3 is 9.64 Å². The summed E-state index contributed by atoms with van der Waals surface area (Å²) in [7, 11) is 1.82. The number of ether oxygens (including phenoxy) is 1. The van der Waals surface area contributed by atoms with Crippen LogP contribution in [0.5, 0.6) is 0 Å². The molecule has 1 saturated heterocycles. The summed E-state index contributed by atoms with van der Waals surface area (Å²) in [5.74, 6) is 0.254. The number of rotatable bonds is 2. The maximum absolute atomic E-state index is 12.5. The highest BCUT2D eigenvalue weighted by molar-refractivity contribution is 6.09. The third-order valence-corrected chi connectivity index (χ3v) is 5.32. The normalized spacial score (nSPS) is 17.6. The number of hydrogen-bond donors (Lipinski definition) is 1. The molecule has 0 bridgehead atoms. The molecule has 2 aliphatic rings. The Bertz CT molecular complexity index is 1100. The highest BCUT2D eigenvalue weighted by Crippen LogP contribution is 2.31. The molecule has 1 fully saturated rings. The van der Waals surface area contributed by atoms with Crippen LogP contribution in [0.3, 0.4) is 0 Å². The molecule has 4 amide bonds. The van der Waals surface area contributed by atoms with Crippen LogP contribution in [-0.2, 0) is 16.6 Å². The van der Waals surface area contributed by atoms with Gasteiger partial charge in [0.05, 0.1) is 5.52 Å². The third-order valence-electron chi connectivity index (χ3n) is 5.32. The number of benzene rings is 1. The summed E-state index contributed by atoms with van der Waals surface area (Å²) in [4.78, 5) is 39.4. The van der Waals surface area contributed by atoms with Crippen LogP contribution in [0.4, 0.5) is 15.4 Å². The number of aromatic nitrogens is 2. The van der Waals surface area contributed by atoms with Crippen molar-refractivity contribution in [1.82, 2.24) is 20.0 Å². The van der Waals surface area contributed by atoms with Crippen LogP contribution in [0.1, 0.15) is 39.2 Å². The van der Waals surface area contributed by atoms with Gasteiger partial charge in [-0.15, -0.1) is 0 Å². The van der Waals surface area contributed by atoms with E-state index in [4.69, 9.17) is 4.74 Å². The molecule has 1 aromatic carbocycles. The van der Waals surface area contributed by atoms with E-state index in [-0.39, 0.29) is 18.4 Å². The van der Waals surface area contributed by atoms with Crippen molar-refractivity contribution in [3.63, 3.8) is 0 Å². The van der Waals surface area contributed by atoms with E-state index in [0.717, 1.165) is 28.5 Å². The lowest BCUT2D eigenvalue weighted by Crippen LogP contribution is -2.49. The van der Waals surface area contributed by atoms with Gasteiger partial charge in [-0.25, -0.2) is 9.59 Å². The topological polar surface area (TPSA) is 96.8 Å². The average molecular weight is 425 g/mol. The van der Waals surface area contributed by atoms with Crippen LogP contribution < -0.4 is 10.2 Å². The molecule has 0 unspecified atom stereocenters. The van der Waals surface area contributed by atoms with Crippen molar-refractivity contribution in [3.05, 3.63) is 29.8 Å². The summed E-state index contributed by atoms with van der Waals surface area (Å²) in [5.41, 5.74) is 2.37. The van der Waals surface area contributed by atoms with Crippen molar-refractivity contribution >= 4 is 40.3 Å². The lowest BCUT2D eigenvalue weighted by Gasteiger charge is -2.30. The molecule has 2 aliphatic heterocycles. The quantitative estimate of drug-likeness (QED) is 0.798. The second-order valence-corrected chi connectivity index (χ2v) is 8.85. The lowest BCUT2D eigenvalue weighted by molar-refractivity contribution is -0.120. The highest BCUT2D eigenvalue weighted by Gasteiger charge is 2.29. The van der Waals surface area contributed by atoms with Gasteiger partial charge >= 0.3 is 12.1 Å². The fourth-order valence-electron chi connectivity index (χ4n) is 3.84. The van der Waals surface area contributed by atoms with Crippen LogP contribution in [0.2, 0.25) is 0 Å². The van der Waals surface area contributed by atoms with Gasteiger partial charge in [-0.1, -0.05) is 12.1 Å². The van der Waals surface area contributed by atoms with Gasteiger partial charge in [0.15, 0.2) is 5.82 Å². The van der Waals surface area contributed by atoms with Crippen LogP contribution in [-0.4, -0.2) is 57.9 Å². The lowest BCUT2D eigenvalue weighted by atomic mass is 10.00. The predicted molar refractivity (Wildman–Crippen MR) is 117 cm³/mol. The zero-order chi connectivity index (χ0) is 22.3. The molecule has 0 atom stereocenters. The second-order valence-electron chi connectivity index (χ2n) is 8.85. The summed E-state index contributed by atoms with van der Waals surface area (Å²) in [6.45, 7) is 6.98. The Kier molecular flexibility index (Phi) is 5.20. The average Bonchev–Trinajstić information content (AvgIpc) is 3.03. The first-order chi connectivity index (χ1) is 14.6. The predicted octanol–water partition coefficient (Wildman–Crippen LogP) is 3.04. The SMILES string of the molecule is Cn1nc(N2CCC(=O)NC2=O)c2ccc(C3=CCCN(C(=O)OC(C)(C)C)C3)cc21. The molecule has 31 heavy (non-hydrogen) atoms. The maximum atomic E-state index is 12.5. The van der Waals surface area contributed by atoms with Crippen LogP contribution >= 0.6 is 0 Å². The van der Waals surface area contributed by atoms with E-state index in [1.54, 1.807) is 9.58 Å². The first-order valence-electron chi connectivity index (χ1n) is 10.4. The molecule has 1 N–H and O–H groups in total. The number of nitrogens with zero attached hydrogens (tertiary/aromatic N) is 4. The number of amides is 4. The minimum absolute atomic E-state index is 0.245. The molecule has 0 radical (unpaired) electrons. The molecule has 9 heteroatoms. The minimum Gasteiger partial charge on any atom is -0.444 e. The van der Waals surface area contributed by atoms with Gasteiger partial charge in [0.2, 0.25) is 5.91 Å². The monoisotopic (exact) mass is 425 g/mol. The summed E-state index contributed by atoms with van der Waals surface area (Å²) < 4.78 is 7.25. The van der Waals surface area contributed by atoms with Gasteiger partial charge in [-0.2, -0.15) is 5.10 Å². The largest absolute Gasteiger partial charge is 0.444 e. The molecule has 164 valence electrons. The summed E-state index contributed by atoms with van der Waals surface area (Å²) in [6, 6.07) is 5.47. The summed E-state index contributed by atoms with van der Waals surface area (Å²) in [6.07, 6.45) is 2.83. The molecule has 3 heterocycles. The number of nitrogens with one attached hydrogen (secondary N) is 1. The fourth-order valence-corrected chi connectivity index (χ4v) is 3.84. The van der Waals surface area contributed by atoms with E-state index in [0.29, 0.717) is 25.5 Å². The zero-order valence-electron chi connectivity index (χ0n) is 18.3. The Labute approximate surface area is 180 Å². The van der Waals surface area contributed by atoms with Crippen molar-refractivity contribution in [2.75, 3.05) is 24.5 Å². The number of imide groups is 1. The first-order valence-corrected chi connectivity index (χ1v) is 10.4. The highest BCUT2D eigenvalue weighted by atomic mass is 16.6. The first kappa shape index (κ1) is 20.9. The number of anilines is 1. The molecule has 0 spiro atoms. The fraction of sp³-hybridized carbons (Fsp3) is 0.455. The Hall–Kier alpha value is -3.36. The van der Waals surface area contributed by atoms with Crippen molar-refractivity contribution in [2.45, 2.75) is 39.2 Å². The molecule has 0 aliphatic carbocycles. The molecular formula is C22H27N5O4. The number of aryl methyl sites for hydroxylation is 1. The smallest absolute Gasteiger partial charge is 0.410 e. The Morgan fingerprint density at radius 1 is 1.19 bits per heavy atom. The van der Waals surface area contributed by atoms with E-state index < -0.39 is 11.6 Å². The molecule has 4 rings (SSSR count). The molecule has 9 nitrogen and oxygen atoms in total. The zero-order valence-corrected chi connectivity index (χ0v) is 18.3. The number of fused-ring (bicyclic) bond motifs is 1.